The average Bonchev–Trinajstić information content (AvgIpc) is 4.22. The summed E-state index contributed by atoms with van der Waals surface area (Å²) in [5.41, 5.74) is 2.32. The molecular formula is C52H68FN9O6. The van der Waals surface area contributed by atoms with Gasteiger partial charge in [0.15, 0.2) is 0 Å². The number of piperazine rings is 2. The molecule has 1 saturated carbocycles. The van der Waals surface area contributed by atoms with Crippen LogP contribution in [0.25, 0.3) is 10.8 Å². The summed E-state index contributed by atoms with van der Waals surface area (Å²) >= 11 is 0. The fraction of sp³-hybridized carbons (Fsp3) is 0.558. The summed E-state index contributed by atoms with van der Waals surface area (Å²) < 4.78 is 27.1. The lowest BCUT2D eigenvalue weighted by Crippen LogP contribution is -2.53. The van der Waals surface area contributed by atoms with Gasteiger partial charge in [-0.2, -0.15) is 5.10 Å². The lowest BCUT2D eigenvalue weighted by molar-refractivity contribution is -0.134. The molecule has 4 saturated heterocycles. The zero-order chi connectivity index (χ0) is 46.8. The Bertz CT molecular complexity index is 2410. The molecular weight excluding hydrogens is 866 g/mol. The van der Waals surface area contributed by atoms with E-state index in [2.05, 4.69) is 48.4 Å². The van der Waals surface area contributed by atoms with Crippen LogP contribution in [-0.2, 0) is 20.7 Å². The number of aromatic nitrogens is 2. The first-order valence-corrected chi connectivity index (χ1v) is 25.0. The van der Waals surface area contributed by atoms with E-state index in [0.717, 1.165) is 102 Å². The predicted molar refractivity (Wildman–Crippen MR) is 258 cm³/mol. The molecule has 5 fully saturated rings. The van der Waals surface area contributed by atoms with Crippen LogP contribution in [0.2, 0.25) is 0 Å². The maximum absolute atomic E-state index is 15.1. The number of piperidine rings is 2. The highest BCUT2D eigenvalue weighted by Gasteiger charge is 2.31. The molecule has 3 aromatic carbocycles. The van der Waals surface area contributed by atoms with Crippen LogP contribution in [0.1, 0.15) is 71.6 Å². The Morgan fingerprint density at radius 3 is 2.28 bits per heavy atom. The van der Waals surface area contributed by atoms with Crippen molar-refractivity contribution in [3.63, 3.8) is 0 Å². The number of aromatic amines is 1. The number of hydrogen-bond donors (Lipinski definition) is 2. The molecule has 4 aromatic rings. The molecule has 0 spiro atoms. The van der Waals surface area contributed by atoms with Gasteiger partial charge in [-0.05, 0) is 99.0 Å². The first kappa shape index (κ1) is 47.8. The van der Waals surface area contributed by atoms with E-state index in [9.17, 15) is 19.2 Å². The lowest BCUT2D eigenvalue weighted by Gasteiger charge is -2.39. The molecule has 3 amide bonds. The zero-order valence-electron chi connectivity index (χ0n) is 39.4. The van der Waals surface area contributed by atoms with Crippen molar-refractivity contribution in [3.8, 4) is 5.75 Å². The molecule has 68 heavy (non-hydrogen) atoms. The van der Waals surface area contributed by atoms with E-state index in [4.69, 9.17) is 9.47 Å². The highest BCUT2D eigenvalue weighted by atomic mass is 19.1. The second-order valence-corrected chi connectivity index (χ2v) is 19.4. The third-order valence-corrected chi connectivity index (χ3v) is 14.6. The first-order chi connectivity index (χ1) is 33.2. The highest BCUT2D eigenvalue weighted by molar-refractivity contribution is 5.95. The molecule has 0 radical (unpaired) electrons. The van der Waals surface area contributed by atoms with Crippen LogP contribution in [0.5, 0.6) is 5.75 Å². The van der Waals surface area contributed by atoms with E-state index in [1.807, 2.05) is 28.0 Å². The summed E-state index contributed by atoms with van der Waals surface area (Å²) in [6.45, 7) is 13.7. The second kappa shape index (κ2) is 22.9. The molecule has 1 unspecified atom stereocenters. The van der Waals surface area contributed by atoms with E-state index in [-0.39, 0.29) is 28.8 Å². The summed E-state index contributed by atoms with van der Waals surface area (Å²) in [5, 5.41) is 11.4. The Hall–Kier alpha value is -5.26. The monoisotopic (exact) mass is 934 g/mol. The smallest absolute Gasteiger partial charge is 0.272 e. The lowest BCUT2D eigenvalue weighted by atomic mass is 9.90. The summed E-state index contributed by atoms with van der Waals surface area (Å²) in [5.74, 6) is 1.13. The molecule has 1 aliphatic carbocycles. The Morgan fingerprint density at radius 1 is 0.721 bits per heavy atom. The van der Waals surface area contributed by atoms with Crippen molar-refractivity contribution in [2.75, 3.05) is 125 Å². The van der Waals surface area contributed by atoms with Crippen LogP contribution in [0.4, 0.5) is 4.39 Å². The van der Waals surface area contributed by atoms with E-state index >= 15 is 4.39 Å². The van der Waals surface area contributed by atoms with Crippen LogP contribution in [0.15, 0.2) is 71.5 Å². The molecule has 5 heterocycles. The van der Waals surface area contributed by atoms with Gasteiger partial charge in [0.1, 0.15) is 18.2 Å². The van der Waals surface area contributed by atoms with E-state index in [1.165, 1.54) is 24.5 Å². The topological polar surface area (TPSA) is 147 Å². The minimum atomic E-state index is -0.588. The number of fused-ring (bicyclic) bond motifs is 1. The van der Waals surface area contributed by atoms with Crippen LogP contribution in [0, 0.1) is 11.7 Å². The van der Waals surface area contributed by atoms with Crippen molar-refractivity contribution >= 4 is 28.5 Å². The van der Waals surface area contributed by atoms with Crippen molar-refractivity contribution in [2.24, 2.45) is 5.92 Å². The van der Waals surface area contributed by atoms with Crippen molar-refractivity contribution < 1.29 is 28.2 Å². The fourth-order valence-electron chi connectivity index (χ4n) is 10.3. The van der Waals surface area contributed by atoms with Crippen LogP contribution in [-0.4, -0.2) is 188 Å². The summed E-state index contributed by atoms with van der Waals surface area (Å²) in [6, 6.07) is 20.6. The van der Waals surface area contributed by atoms with Gasteiger partial charge >= 0.3 is 0 Å². The number of nitrogens with one attached hydrogen (secondary N) is 2. The van der Waals surface area contributed by atoms with Gasteiger partial charge in [0, 0.05) is 102 Å². The van der Waals surface area contributed by atoms with Crippen molar-refractivity contribution in [1.29, 1.82) is 0 Å². The third-order valence-electron chi connectivity index (χ3n) is 14.6. The van der Waals surface area contributed by atoms with E-state index < -0.39 is 5.82 Å². The molecule has 4 aliphatic heterocycles. The molecule has 0 bridgehead atoms. The van der Waals surface area contributed by atoms with Gasteiger partial charge in [-0.25, -0.2) is 9.49 Å². The van der Waals surface area contributed by atoms with Gasteiger partial charge in [-0.1, -0.05) is 36.4 Å². The van der Waals surface area contributed by atoms with Crippen molar-refractivity contribution in [3.05, 3.63) is 105 Å². The Labute approximate surface area is 398 Å². The van der Waals surface area contributed by atoms with Gasteiger partial charge < -0.3 is 34.4 Å². The largest absolute Gasteiger partial charge is 0.491 e. The van der Waals surface area contributed by atoms with Gasteiger partial charge in [0.25, 0.3) is 11.5 Å². The number of rotatable bonds is 18. The number of amides is 3. The fourth-order valence-corrected chi connectivity index (χ4v) is 10.3. The maximum Gasteiger partial charge on any atom is 0.272 e. The number of hydrogen-bond acceptors (Lipinski definition) is 11. The number of H-pyrrole nitrogens is 1. The summed E-state index contributed by atoms with van der Waals surface area (Å²) in [7, 11) is 0. The van der Waals surface area contributed by atoms with Gasteiger partial charge in [-0.3, -0.25) is 29.0 Å². The Balaban J connectivity index is 0.618. The Morgan fingerprint density at radius 2 is 1.49 bits per heavy atom. The molecule has 5 aliphatic rings. The number of likely N-dealkylation sites (tertiary alicyclic amines) is 2. The molecule has 364 valence electrons. The standard InChI is InChI=1S/C52H68FN9O6/c53-47-13-10-39(32-48-44-8-1-2-9-45(44)51(65)56-55-48)31-46(47)52(66)61-25-23-60(24-26-61)50(64)37-58-17-14-38(15-18-58)35-59-21-19-57(20-22-59)27-28-67-29-30-68-43-7-3-5-40(33-43)41-6-4-16-62(36-41)49(63)34-54-42-11-12-42/h1-3,5,7-10,13,31,33,38,41-42,54H,4,6,11-12,14-30,32,34-37H2,(H,56,65). The summed E-state index contributed by atoms with van der Waals surface area (Å²) in [6.07, 6.45) is 6.97. The van der Waals surface area contributed by atoms with Gasteiger partial charge in [0.2, 0.25) is 11.8 Å². The number of halogens is 1. The van der Waals surface area contributed by atoms with Crippen molar-refractivity contribution in [1.82, 2.24) is 44.9 Å². The zero-order valence-corrected chi connectivity index (χ0v) is 39.4. The molecule has 1 aromatic heterocycles. The molecule has 15 nitrogen and oxygen atoms in total. The van der Waals surface area contributed by atoms with Crippen LogP contribution >= 0.6 is 0 Å². The van der Waals surface area contributed by atoms with Gasteiger partial charge in [0.05, 0.1) is 42.9 Å². The van der Waals surface area contributed by atoms with Crippen LogP contribution < -0.4 is 15.6 Å². The minimum Gasteiger partial charge on any atom is -0.491 e. The summed E-state index contributed by atoms with van der Waals surface area (Å²) in [4.78, 5) is 64.7. The number of ether oxygens (including phenoxy) is 2. The van der Waals surface area contributed by atoms with Crippen LogP contribution in [0.3, 0.4) is 0 Å². The maximum atomic E-state index is 15.1. The molecule has 16 heteroatoms. The number of carbonyl (C=O) groups excluding carboxylic acids is 3. The molecule has 1 atom stereocenters. The SMILES string of the molecule is O=C(CN1CCC(CN2CCN(CCOCCOc3cccc(C4CCCN(C(=O)CNC5CC5)C4)c3)CC2)CC1)N1CCN(C(=O)c2cc(Cc3n[nH]c(=O)c4ccccc34)ccc2F)CC1. The predicted octanol–water partition coefficient (Wildman–Crippen LogP) is 3.82. The first-order valence-electron chi connectivity index (χ1n) is 25.0. The number of carbonyl (C=O) groups is 3. The minimum absolute atomic E-state index is 0.00239. The average molecular weight is 934 g/mol. The normalized spacial score (nSPS) is 20.2. The third kappa shape index (κ3) is 12.7. The highest BCUT2D eigenvalue weighted by Crippen LogP contribution is 2.30. The van der Waals surface area contributed by atoms with Gasteiger partial charge in [-0.15, -0.1) is 0 Å². The van der Waals surface area contributed by atoms with Crippen molar-refractivity contribution in [2.45, 2.75) is 56.9 Å². The molecule has 2 N–H and O–H groups in total. The van der Waals surface area contributed by atoms with E-state index in [1.54, 1.807) is 29.2 Å². The molecule has 9 rings (SSSR count). The Kier molecular flexibility index (Phi) is 16.1. The quantitative estimate of drug-likeness (QED) is 0.141. The second-order valence-electron chi connectivity index (χ2n) is 19.4. The van der Waals surface area contributed by atoms with E-state index in [0.29, 0.717) is 100 Å². The number of nitrogens with zero attached hydrogens (tertiary/aromatic N) is 7. The number of benzene rings is 3.